The zero-order valence-corrected chi connectivity index (χ0v) is 18.1. The number of sulfonamides is 1. The number of amides is 1. The average Bonchev–Trinajstić information content (AvgIpc) is 2.99. The van der Waals surface area contributed by atoms with Crippen LogP contribution in [-0.4, -0.2) is 57.4 Å². The van der Waals surface area contributed by atoms with Gasteiger partial charge in [0.2, 0.25) is 10.0 Å². The summed E-state index contributed by atoms with van der Waals surface area (Å²) < 4.78 is 64.6. The predicted octanol–water partition coefficient (Wildman–Crippen LogP) is 3.01. The van der Waals surface area contributed by atoms with Crippen LogP contribution in [0.25, 0.3) is 0 Å². The molecule has 1 aromatic carbocycles. The molecule has 3 rings (SSSR count). The van der Waals surface area contributed by atoms with Gasteiger partial charge in [-0.3, -0.25) is 4.79 Å². The second-order valence-corrected chi connectivity index (χ2v) is 9.15. The molecule has 0 bridgehead atoms. The van der Waals surface area contributed by atoms with Gasteiger partial charge >= 0.3 is 6.18 Å². The molecule has 1 aliphatic heterocycles. The van der Waals surface area contributed by atoms with Gasteiger partial charge in [-0.15, -0.1) is 0 Å². The van der Waals surface area contributed by atoms with Crippen molar-refractivity contribution >= 4 is 33.3 Å². The summed E-state index contributed by atoms with van der Waals surface area (Å²) in [7, 11) is -2.58. The molecule has 2 aromatic rings. The quantitative estimate of drug-likeness (QED) is 0.733. The maximum Gasteiger partial charge on any atom is 0.417 e. The van der Waals surface area contributed by atoms with E-state index in [1.165, 1.54) is 31.3 Å². The first-order valence-electron chi connectivity index (χ1n) is 9.33. The summed E-state index contributed by atoms with van der Waals surface area (Å²) in [5.41, 5.74) is -0.641. The highest BCUT2D eigenvalue weighted by Gasteiger charge is 2.31. The molecule has 0 unspecified atom stereocenters. The molecule has 168 valence electrons. The maximum absolute atomic E-state index is 12.9. The third kappa shape index (κ3) is 5.28. The number of pyridine rings is 1. The van der Waals surface area contributed by atoms with E-state index in [-0.39, 0.29) is 21.4 Å². The Bertz CT molecular complexity index is 1060. The summed E-state index contributed by atoms with van der Waals surface area (Å²) >= 11 is 5.97. The first-order valence-corrected chi connectivity index (χ1v) is 11.2. The van der Waals surface area contributed by atoms with E-state index in [1.54, 1.807) is 4.90 Å². The van der Waals surface area contributed by atoms with Crippen LogP contribution in [0.4, 0.5) is 19.0 Å². The van der Waals surface area contributed by atoms with Crippen molar-refractivity contribution in [2.45, 2.75) is 17.5 Å². The Balaban J connectivity index is 1.74. The third-order valence-electron chi connectivity index (χ3n) is 4.92. The number of nitrogens with one attached hydrogen (secondary N) is 1. The van der Waals surface area contributed by atoms with Gasteiger partial charge in [-0.25, -0.2) is 18.1 Å². The van der Waals surface area contributed by atoms with E-state index in [9.17, 15) is 26.4 Å². The Morgan fingerprint density at radius 3 is 2.48 bits per heavy atom. The van der Waals surface area contributed by atoms with E-state index in [2.05, 4.69) is 9.71 Å². The van der Waals surface area contributed by atoms with E-state index in [4.69, 9.17) is 11.6 Å². The highest BCUT2D eigenvalue weighted by Crippen LogP contribution is 2.29. The molecule has 0 atom stereocenters. The number of carbonyl (C=O) groups excluding carboxylic acids is 1. The van der Waals surface area contributed by atoms with Crippen molar-refractivity contribution in [1.29, 1.82) is 0 Å². The molecule has 31 heavy (non-hydrogen) atoms. The van der Waals surface area contributed by atoms with Crippen LogP contribution in [0.5, 0.6) is 0 Å². The Hall–Kier alpha value is -2.37. The van der Waals surface area contributed by atoms with E-state index in [0.29, 0.717) is 38.4 Å². The predicted molar refractivity (Wildman–Crippen MR) is 110 cm³/mol. The van der Waals surface area contributed by atoms with Crippen LogP contribution in [0.15, 0.2) is 41.4 Å². The molecule has 1 fully saturated rings. The molecular weight excluding hydrogens is 457 g/mol. The standard InChI is InChI=1S/C19H20ClF3N4O3S/c1-24-31(29,30)16-11-13(3-5-15(16)20)18(28)27-8-2-7-26(9-10-27)17-6-4-14(12-25-17)19(21,22)23/h3-6,11-12,24H,2,7-10H2,1H3. The van der Waals surface area contributed by atoms with E-state index in [0.717, 1.165) is 12.3 Å². The minimum atomic E-state index is -4.45. The lowest BCUT2D eigenvalue weighted by Crippen LogP contribution is -2.35. The van der Waals surface area contributed by atoms with Gasteiger partial charge in [-0.2, -0.15) is 13.2 Å². The second kappa shape index (κ2) is 9.01. The lowest BCUT2D eigenvalue weighted by Gasteiger charge is -2.23. The van der Waals surface area contributed by atoms with Gasteiger partial charge < -0.3 is 9.80 Å². The average molecular weight is 477 g/mol. The normalized spacial score (nSPS) is 15.6. The van der Waals surface area contributed by atoms with E-state index >= 15 is 0 Å². The number of nitrogens with zero attached hydrogens (tertiary/aromatic N) is 3. The molecule has 0 spiro atoms. The Morgan fingerprint density at radius 1 is 1.13 bits per heavy atom. The lowest BCUT2D eigenvalue weighted by atomic mass is 10.2. The SMILES string of the molecule is CNS(=O)(=O)c1cc(C(=O)N2CCCN(c3ccc(C(F)(F)F)cn3)CC2)ccc1Cl. The number of rotatable bonds is 4. The van der Waals surface area contributed by atoms with Crippen molar-refractivity contribution in [1.82, 2.24) is 14.6 Å². The minimum absolute atomic E-state index is 0.00122. The molecule has 1 amide bonds. The van der Waals surface area contributed by atoms with Crippen LogP contribution in [0, 0.1) is 0 Å². The van der Waals surface area contributed by atoms with E-state index in [1.807, 2.05) is 4.90 Å². The smallest absolute Gasteiger partial charge is 0.355 e. The number of aromatic nitrogens is 1. The van der Waals surface area contributed by atoms with Gasteiger partial charge in [0, 0.05) is 37.9 Å². The van der Waals surface area contributed by atoms with Crippen LogP contribution in [0.1, 0.15) is 22.3 Å². The Morgan fingerprint density at radius 2 is 1.87 bits per heavy atom. The highest BCUT2D eigenvalue weighted by atomic mass is 35.5. The first kappa shape index (κ1) is 23.3. The second-order valence-electron chi connectivity index (χ2n) is 6.89. The summed E-state index contributed by atoms with van der Waals surface area (Å²) in [6.07, 6.45) is -3.09. The van der Waals surface area contributed by atoms with E-state index < -0.39 is 21.8 Å². The van der Waals surface area contributed by atoms with Crippen LogP contribution in [0.2, 0.25) is 5.02 Å². The fourth-order valence-corrected chi connectivity index (χ4v) is 4.47. The van der Waals surface area contributed by atoms with Gasteiger partial charge in [0.05, 0.1) is 10.6 Å². The summed E-state index contributed by atoms with van der Waals surface area (Å²) in [5, 5.41) is 0.00122. The van der Waals surface area contributed by atoms with Gasteiger partial charge in [0.1, 0.15) is 10.7 Å². The van der Waals surface area contributed by atoms with Crippen LogP contribution in [0.3, 0.4) is 0 Å². The number of halogens is 4. The fourth-order valence-electron chi connectivity index (χ4n) is 3.23. The first-order chi connectivity index (χ1) is 14.5. The van der Waals surface area contributed by atoms with Gasteiger partial charge in [-0.1, -0.05) is 11.6 Å². The topological polar surface area (TPSA) is 82.6 Å². The highest BCUT2D eigenvalue weighted by molar-refractivity contribution is 7.89. The van der Waals surface area contributed by atoms with Gasteiger partial charge in [0.15, 0.2) is 0 Å². The number of alkyl halides is 3. The molecular formula is C19H20ClF3N4O3S. The van der Waals surface area contributed by atoms with Crippen LogP contribution in [-0.2, 0) is 16.2 Å². The number of hydrogen-bond donors (Lipinski definition) is 1. The molecule has 0 radical (unpaired) electrons. The molecule has 7 nitrogen and oxygen atoms in total. The number of hydrogen-bond acceptors (Lipinski definition) is 5. The molecule has 1 aliphatic rings. The third-order valence-corrected chi connectivity index (χ3v) is 6.81. The summed E-state index contributed by atoms with van der Waals surface area (Å²) in [6.45, 7) is 1.60. The Kier molecular flexibility index (Phi) is 6.77. The summed E-state index contributed by atoms with van der Waals surface area (Å²) in [6, 6.07) is 6.34. The number of anilines is 1. The molecule has 2 heterocycles. The van der Waals surface area contributed by atoms with Crippen molar-refractivity contribution < 1.29 is 26.4 Å². The fraction of sp³-hybridized carbons (Fsp3) is 0.368. The summed E-state index contributed by atoms with van der Waals surface area (Å²) in [5.74, 6) is 0.0441. The van der Waals surface area contributed by atoms with Crippen LogP contribution < -0.4 is 9.62 Å². The zero-order valence-electron chi connectivity index (χ0n) is 16.5. The molecule has 0 saturated carbocycles. The van der Waals surface area contributed by atoms with Gasteiger partial charge in [-0.05, 0) is 43.8 Å². The van der Waals surface area contributed by atoms with Crippen LogP contribution >= 0.6 is 11.6 Å². The lowest BCUT2D eigenvalue weighted by molar-refractivity contribution is -0.137. The Labute approximate surface area is 182 Å². The molecule has 1 aromatic heterocycles. The molecule has 12 heteroatoms. The van der Waals surface area contributed by atoms with Crippen molar-refractivity contribution in [3.05, 3.63) is 52.7 Å². The molecule has 0 aliphatic carbocycles. The minimum Gasteiger partial charge on any atom is -0.355 e. The van der Waals surface area contributed by atoms with Crippen molar-refractivity contribution in [2.24, 2.45) is 0 Å². The van der Waals surface area contributed by atoms with Crippen molar-refractivity contribution in [2.75, 3.05) is 38.1 Å². The maximum atomic E-state index is 12.9. The van der Waals surface area contributed by atoms with Crippen molar-refractivity contribution in [3.63, 3.8) is 0 Å². The van der Waals surface area contributed by atoms with Gasteiger partial charge in [0.25, 0.3) is 5.91 Å². The van der Waals surface area contributed by atoms with Crippen molar-refractivity contribution in [3.8, 4) is 0 Å². The molecule has 1 N–H and O–H groups in total. The number of benzene rings is 1. The number of carbonyl (C=O) groups is 1. The largest absolute Gasteiger partial charge is 0.417 e. The summed E-state index contributed by atoms with van der Waals surface area (Å²) in [4.78, 5) is 20.0. The monoisotopic (exact) mass is 476 g/mol. The molecule has 1 saturated heterocycles. The zero-order chi connectivity index (χ0) is 22.8.